The number of thiophene rings is 1. The van der Waals surface area contributed by atoms with Crippen LogP contribution < -0.4 is 14.8 Å². The molecule has 166 valence electrons. The first kappa shape index (κ1) is 22.1. The van der Waals surface area contributed by atoms with E-state index in [1.165, 1.54) is 17.7 Å². The van der Waals surface area contributed by atoms with Gasteiger partial charge in [0.05, 0.1) is 19.8 Å². The van der Waals surface area contributed by atoms with Crippen molar-refractivity contribution in [1.82, 2.24) is 0 Å². The first-order valence-electron chi connectivity index (χ1n) is 11.0. The molecule has 0 atom stereocenters. The molecule has 2 aromatic carbocycles. The van der Waals surface area contributed by atoms with Gasteiger partial charge in [-0.1, -0.05) is 37.1 Å². The van der Waals surface area contributed by atoms with Crippen LogP contribution in [0.2, 0.25) is 0 Å². The summed E-state index contributed by atoms with van der Waals surface area (Å²) in [5, 5.41) is 3.80. The van der Waals surface area contributed by atoms with Gasteiger partial charge in [0.2, 0.25) is 0 Å². The number of aliphatic imine (C=N–C) groups is 1. The van der Waals surface area contributed by atoms with E-state index in [9.17, 15) is 4.79 Å². The summed E-state index contributed by atoms with van der Waals surface area (Å²) in [6.45, 7) is 0. The fraction of sp³-hybridized carbons (Fsp3) is 0.308. The van der Waals surface area contributed by atoms with Gasteiger partial charge in [0.15, 0.2) is 11.5 Å². The SMILES string of the molecule is COc1cccc(C=Nc2sc3c(c2C(=O)Nc2ccccc2)CCCCCC3)c1OC. The fourth-order valence-electron chi connectivity index (χ4n) is 4.09. The molecule has 0 fully saturated rings. The largest absolute Gasteiger partial charge is 0.493 e. The van der Waals surface area contributed by atoms with Crippen LogP contribution in [0.25, 0.3) is 0 Å². The molecule has 4 rings (SSSR count). The molecule has 1 aliphatic rings. The molecule has 0 spiro atoms. The van der Waals surface area contributed by atoms with Gasteiger partial charge in [-0.2, -0.15) is 0 Å². The maximum atomic E-state index is 13.4. The lowest BCUT2D eigenvalue weighted by Gasteiger charge is -2.12. The lowest BCUT2D eigenvalue weighted by atomic mass is 9.96. The minimum Gasteiger partial charge on any atom is -0.493 e. The van der Waals surface area contributed by atoms with Gasteiger partial charge in [0.1, 0.15) is 5.00 Å². The standard InChI is InChI=1S/C26H28N2O3S/c1-30-21-15-10-11-18(24(21)31-2)17-27-26-23(25(29)28-19-12-6-5-7-13-19)20-14-8-3-4-9-16-22(20)32-26/h5-7,10-13,15,17H,3-4,8-9,14,16H2,1-2H3,(H,28,29). The molecule has 3 aromatic rings. The zero-order chi connectivity index (χ0) is 22.3. The van der Waals surface area contributed by atoms with Crippen LogP contribution in [0, 0.1) is 0 Å². The summed E-state index contributed by atoms with van der Waals surface area (Å²) in [6.07, 6.45) is 8.38. The molecule has 0 aliphatic heterocycles. The van der Waals surface area contributed by atoms with Crippen LogP contribution in [0.5, 0.6) is 11.5 Å². The van der Waals surface area contributed by atoms with Gasteiger partial charge in [-0.15, -0.1) is 11.3 Å². The van der Waals surface area contributed by atoms with Crippen LogP contribution in [-0.2, 0) is 12.8 Å². The number of fused-ring (bicyclic) bond motifs is 1. The minimum atomic E-state index is -0.0981. The lowest BCUT2D eigenvalue weighted by molar-refractivity contribution is 0.102. The van der Waals surface area contributed by atoms with Gasteiger partial charge in [0.25, 0.3) is 5.91 Å². The Morgan fingerprint density at radius 1 is 0.969 bits per heavy atom. The highest BCUT2D eigenvalue weighted by Gasteiger charge is 2.24. The van der Waals surface area contributed by atoms with E-state index >= 15 is 0 Å². The summed E-state index contributed by atoms with van der Waals surface area (Å²) in [7, 11) is 3.23. The monoisotopic (exact) mass is 448 g/mol. The topological polar surface area (TPSA) is 59.9 Å². The number of rotatable bonds is 6. The van der Waals surface area contributed by atoms with Crippen LogP contribution in [0.4, 0.5) is 10.7 Å². The number of para-hydroxylation sites is 2. The molecule has 1 aromatic heterocycles. The molecule has 0 saturated carbocycles. The fourth-order valence-corrected chi connectivity index (χ4v) is 5.32. The molecular weight excluding hydrogens is 420 g/mol. The molecule has 5 nitrogen and oxygen atoms in total. The average molecular weight is 449 g/mol. The second kappa shape index (κ2) is 10.5. The van der Waals surface area contributed by atoms with E-state index < -0.39 is 0 Å². The van der Waals surface area contributed by atoms with Crippen LogP contribution in [-0.4, -0.2) is 26.3 Å². The first-order valence-corrected chi connectivity index (χ1v) is 11.8. The van der Waals surface area contributed by atoms with Gasteiger partial charge in [-0.05, 0) is 55.5 Å². The number of carbonyl (C=O) groups excluding carboxylic acids is 1. The third-order valence-corrected chi connectivity index (χ3v) is 6.87. The van der Waals surface area contributed by atoms with E-state index in [0.29, 0.717) is 17.1 Å². The first-order chi connectivity index (χ1) is 15.7. The number of anilines is 1. The lowest BCUT2D eigenvalue weighted by Crippen LogP contribution is -2.14. The highest BCUT2D eigenvalue weighted by Crippen LogP contribution is 2.40. The van der Waals surface area contributed by atoms with Crippen molar-refractivity contribution in [1.29, 1.82) is 0 Å². The number of ether oxygens (including phenoxy) is 2. The van der Waals surface area contributed by atoms with Gasteiger partial charge in [-0.25, -0.2) is 4.99 Å². The molecule has 0 bridgehead atoms. The Kier molecular flexibility index (Phi) is 7.22. The van der Waals surface area contributed by atoms with E-state index in [1.54, 1.807) is 31.8 Å². The molecule has 1 heterocycles. The Bertz CT molecular complexity index is 1110. The van der Waals surface area contributed by atoms with Gasteiger partial charge < -0.3 is 14.8 Å². The van der Waals surface area contributed by atoms with Crippen molar-refractivity contribution in [2.45, 2.75) is 38.5 Å². The van der Waals surface area contributed by atoms with E-state index in [1.807, 2.05) is 48.5 Å². The van der Waals surface area contributed by atoms with Crippen molar-refractivity contribution in [3.8, 4) is 11.5 Å². The number of nitrogens with zero attached hydrogens (tertiary/aromatic N) is 1. The zero-order valence-electron chi connectivity index (χ0n) is 18.5. The van der Waals surface area contributed by atoms with E-state index in [4.69, 9.17) is 14.5 Å². The molecule has 6 heteroatoms. The third kappa shape index (κ3) is 4.86. The molecule has 1 aliphatic carbocycles. The molecule has 1 N–H and O–H groups in total. The molecule has 0 radical (unpaired) electrons. The van der Waals surface area contributed by atoms with Crippen LogP contribution >= 0.6 is 11.3 Å². The van der Waals surface area contributed by atoms with Crippen LogP contribution in [0.15, 0.2) is 53.5 Å². The summed E-state index contributed by atoms with van der Waals surface area (Å²) in [6, 6.07) is 15.3. The highest BCUT2D eigenvalue weighted by molar-refractivity contribution is 7.16. The second-order valence-electron chi connectivity index (χ2n) is 7.76. The van der Waals surface area contributed by atoms with Crippen LogP contribution in [0.1, 0.15) is 52.0 Å². The van der Waals surface area contributed by atoms with Gasteiger partial charge >= 0.3 is 0 Å². The molecule has 0 unspecified atom stereocenters. The number of hydrogen-bond donors (Lipinski definition) is 1. The molecular formula is C26H28N2O3S. The summed E-state index contributed by atoms with van der Waals surface area (Å²) in [4.78, 5) is 19.4. The van der Waals surface area contributed by atoms with Crippen molar-refractivity contribution in [3.63, 3.8) is 0 Å². The summed E-state index contributed by atoms with van der Waals surface area (Å²) in [5.74, 6) is 1.18. The summed E-state index contributed by atoms with van der Waals surface area (Å²) < 4.78 is 10.9. The highest BCUT2D eigenvalue weighted by atomic mass is 32.1. The van der Waals surface area contributed by atoms with Crippen molar-refractivity contribution >= 4 is 34.1 Å². The summed E-state index contributed by atoms with van der Waals surface area (Å²) >= 11 is 1.64. The van der Waals surface area contributed by atoms with Crippen LogP contribution in [0.3, 0.4) is 0 Å². The van der Waals surface area contributed by atoms with Gasteiger partial charge in [0, 0.05) is 22.3 Å². The molecule has 32 heavy (non-hydrogen) atoms. The van der Waals surface area contributed by atoms with E-state index in [0.717, 1.165) is 47.5 Å². The smallest absolute Gasteiger partial charge is 0.259 e. The predicted octanol–water partition coefficient (Wildman–Crippen LogP) is 6.43. The zero-order valence-corrected chi connectivity index (χ0v) is 19.3. The van der Waals surface area contributed by atoms with Crippen molar-refractivity contribution in [2.75, 3.05) is 19.5 Å². The number of benzene rings is 2. The Hall–Kier alpha value is -3.12. The maximum absolute atomic E-state index is 13.4. The number of carbonyl (C=O) groups is 1. The quantitative estimate of drug-likeness (QED) is 0.442. The van der Waals surface area contributed by atoms with Gasteiger partial charge in [-0.3, -0.25) is 4.79 Å². The number of amides is 1. The maximum Gasteiger partial charge on any atom is 0.259 e. The predicted molar refractivity (Wildman–Crippen MR) is 131 cm³/mol. The second-order valence-corrected chi connectivity index (χ2v) is 8.84. The number of aryl methyl sites for hydroxylation is 1. The van der Waals surface area contributed by atoms with Crippen molar-refractivity contribution in [2.24, 2.45) is 4.99 Å². The molecule has 1 amide bonds. The Labute approximate surface area is 193 Å². The Morgan fingerprint density at radius 3 is 2.50 bits per heavy atom. The minimum absolute atomic E-state index is 0.0981. The Morgan fingerprint density at radius 2 is 1.75 bits per heavy atom. The van der Waals surface area contributed by atoms with E-state index in [-0.39, 0.29) is 5.91 Å². The number of nitrogens with one attached hydrogen (secondary N) is 1. The Balaban J connectivity index is 1.73. The third-order valence-electron chi connectivity index (χ3n) is 5.67. The van der Waals surface area contributed by atoms with Crippen molar-refractivity contribution in [3.05, 3.63) is 70.1 Å². The molecule has 0 saturated heterocycles. The summed E-state index contributed by atoms with van der Waals surface area (Å²) in [5.41, 5.74) is 3.46. The number of hydrogen-bond acceptors (Lipinski definition) is 5. The normalized spacial score (nSPS) is 13.8. The number of methoxy groups -OCH3 is 2. The van der Waals surface area contributed by atoms with Crippen molar-refractivity contribution < 1.29 is 14.3 Å². The average Bonchev–Trinajstić information content (AvgIpc) is 3.14. The van der Waals surface area contributed by atoms with E-state index in [2.05, 4.69) is 5.32 Å².